The van der Waals surface area contributed by atoms with Crippen molar-refractivity contribution in [1.29, 1.82) is 0 Å². The highest BCUT2D eigenvalue weighted by molar-refractivity contribution is 5.12. The van der Waals surface area contributed by atoms with Crippen molar-refractivity contribution in [3.05, 3.63) is 12.2 Å². The maximum Gasteiger partial charge on any atom is 0.0647 e. The molecule has 0 aromatic carbocycles. The minimum Gasteiger partial charge on any atom is -0.394 e. The van der Waals surface area contributed by atoms with Crippen LogP contribution in [-0.2, 0) is 0 Å². The largest absolute Gasteiger partial charge is 0.394 e. The van der Waals surface area contributed by atoms with Gasteiger partial charge in [0.2, 0.25) is 0 Å². The summed E-state index contributed by atoms with van der Waals surface area (Å²) >= 11 is 0. The Morgan fingerprint density at radius 1 is 1.29 bits per heavy atom. The van der Waals surface area contributed by atoms with Gasteiger partial charge in [0.1, 0.15) is 0 Å². The van der Waals surface area contributed by atoms with Crippen LogP contribution in [0.25, 0.3) is 0 Å². The third-order valence-electron chi connectivity index (χ3n) is 4.79. The van der Waals surface area contributed by atoms with Gasteiger partial charge in [0.15, 0.2) is 0 Å². The first kappa shape index (κ1) is 13.1. The number of nitrogens with one attached hydrogen (secondary N) is 1. The zero-order chi connectivity index (χ0) is 12.5. The van der Waals surface area contributed by atoms with E-state index in [0.717, 1.165) is 12.3 Å². The van der Waals surface area contributed by atoms with Gasteiger partial charge in [-0.3, -0.25) is 0 Å². The first-order valence-corrected chi connectivity index (χ1v) is 6.82. The summed E-state index contributed by atoms with van der Waals surface area (Å²) in [4.78, 5) is 0. The van der Waals surface area contributed by atoms with E-state index in [4.69, 9.17) is 0 Å². The fraction of sp³-hybridized carbons (Fsp3) is 0.857. The van der Waals surface area contributed by atoms with Crippen molar-refractivity contribution in [3.8, 4) is 0 Å². The van der Waals surface area contributed by atoms with Gasteiger partial charge in [-0.2, -0.15) is 0 Å². The molecule has 1 saturated carbocycles. The smallest absolute Gasteiger partial charge is 0.0647 e. The summed E-state index contributed by atoms with van der Waals surface area (Å²) in [6.45, 7) is 4.20. The molecule has 0 aromatic rings. The molecular weight excluding hydrogens is 214 g/mol. The van der Waals surface area contributed by atoms with Gasteiger partial charge in [-0.25, -0.2) is 0 Å². The average molecular weight is 239 g/mol. The zero-order valence-corrected chi connectivity index (χ0v) is 10.9. The molecule has 17 heavy (non-hydrogen) atoms. The second-order valence-corrected chi connectivity index (χ2v) is 5.83. The summed E-state index contributed by atoms with van der Waals surface area (Å²) in [5.74, 6) is 2.14. The summed E-state index contributed by atoms with van der Waals surface area (Å²) in [7, 11) is 0. The van der Waals surface area contributed by atoms with Gasteiger partial charge in [-0.05, 0) is 43.9 Å². The monoisotopic (exact) mass is 239 g/mol. The lowest BCUT2D eigenvalue weighted by Crippen LogP contribution is -2.56. The minimum absolute atomic E-state index is 0.000987. The summed E-state index contributed by atoms with van der Waals surface area (Å²) in [5, 5.41) is 22.4. The molecule has 2 aliphatic carbocycles. The Morgan fingerprint density at radius 3 is 2.41 bits per heavy atom. The Hall–Kier alpha value is -0.380. The van der Waals surface area contributed by atoms with Crippen LogP contribution in [0.4, 0.5) is 0 Å². The quantitative estimate of drug-likeness (QED) is 0.613. The van der Waals surface area contributed by atoms with E-state index in [9.17, 15) is 10.2 Å². The molecule has 4 unspecified atom stereocenters. The van der Waals surface area contributed by atoms with E-state index in [-0.39, 0.29) is 13.2 Å². The van der Waals surface area contributed by atoms with Gasteiger partial charge < -0.3 is 15.5 Å². The lowest BCUT2D eigenvalue weighted by atomic mass is 9.85. The number of hydrogen-bond donors (Lipinski definition) is 3. The Morgan fingerprint density at radius 2 is 2.00 bits per heavy atom. The van der Waals surface area contributed by atoms with Gasteiger partial charge in [-0.1, -0.05) is 19.1 Å². The van der Waals surface area contributed by atoms with Crippen molar-refractivity contribution in [2.45, 2.75) is 44.7 Å². The molecule has 0 saturated heterocycles. The Labute approximate surface area is 104 Å². The van der Waals surface area contributed by atoms with Gasteiger partial charge in [0.25, 0.3) is 0 Å². The molecule has 4 atom stereocenters. The second-order valence-electron chi connectivity index (χ2n) is 5.83. The van der Waals surface area contributed by atoms with Gasteiger partial charge in [-0.15, -0.1) is 0 Å². The molecule has 0 heterocycles. The van der Waals surface area contributed by atoms with Crippen molar-refractivity contribution < 1.29 is 10.2 Å². The van der Waals surface area contributed by atoms with Crippen LogP contribution in [0.3, 0.4) is 0 Å². The highest BCUT2D eigenvalue weighted by Crippen LogP contribution is 2.45. The Kier molecular flexibility index (Phi) is 3.91. The molecule has 98 valence electrons. The molecule has 1 fully saturated rings. The van der Waals surface area contributed by atoms with E-state index in [1.807, 2.05) is 6.92 Å². The topological polar surface area (TPSA) is 52.5 Å². The Bertz CT molecular complexity index is 278. The fourth-order valence-electron chi connectivity index (χ4n) is 3.46. The summed E-state index contributed by atoms with van der Waals surface area (Å²) in [6.07, 6.45) is 8.00. The van der Waals surface area contributed by atoms with Crippen molar-refractivity contribution in [2.75, 3.05) is 13.2 Å². The summed E-state index contributed by atoms with van der Waals surface area (Å²) in [6, 6.07) is 0.356. The lowest BCUT2D eigenvalue weighted by Gasteiger charge is -2.37. The van der Waals surface area contributed by atoms with Crippen LogP contribution in [0.15, 0.2) is 12.2 Å². The molecular formula is C14H25NO2. The van der Waals surface area contributed by atoms with Crippen molar-refractivity contribution >= 4 is 0 Å². The van der Waals surface area contributed by atoms with E-state index in [1.165, 1.54) is 12.8 Å². The summed E-state index contributed by atoms with van der Waals surface area (Å²) < 4.78 is 0. The lowest BCUT2D eigenvalue weighted by molar-refractivity contribution is 0.0696. The van der Waals surface area contributed by atoms with Crippen LogP contribution < -0.4 is 5.32 Å². The van der Waals surface area contributed by atoms with E-state index in [2.05, 4.69) is 24.4 Å². The molecule has 0 amide bonds. The molecule has 2 aliphatic rings. The molecule has 0 aliphatic heterocycles. The number of aliphatic hydroxyl groups excluding tert-OH is 2. The molecule has 3 heteroatoms. The highest BCUT2D eigenvalue weighted by atomic mass is 16.3. The molecule has 0 aromatic heterocycles. The zero-order valence-electron chi connectivity index (χ0n) is 10.9. The number of rotatable bonds is 6. The molecule has 2 bridgehead atoms. The van der Waals surface area contributed by atoms with Crippen LogP contribution in [0.5, 0.6) is 0 Å². The fourth-order valence-corrected chi connectivity index (χ4v) is 3.46. The highest BCUT2D eigenvalue weighted by Gasteiger charge is 2.40. The molecule has 0 spiro atoms. The molecule has 3 N–H and O–H groups in total. The van der Waals surface area contributed by atoms with E-state index in [1.54, 1.807) is 0 Å². The van der Waals surface area contributed by atoms with Crippen molar-refractivity contribution in [3.63, 3.8) is 0 Å². The normalized spacial score (nSPS) is 33.3. The molecule has 2 rings (SSSR count). The second kappa shape index (κ2) is 5.09. The SMILES string of the molecule is CCC(CO)(CO)NC(C)C1CC2C=CC1C2. The maximum absolute atomic E-state index is 9.46. The van der Waals surface area contributed by atoms with Crippen LogP contribution in [-0.4, -0.2) is 35.0 Å². The van der Waals surface area contributed by atoms with Crippen LogP contribution in [0, 0.1) is 17.8 Å². The number of fused-ring (bicyclic) bond motifs is 2. The average Bonchev–Trinajstić information content (AvgIpc) is 2.98. The van der Waals surface area contributed by atoms with Gasteiger partial charge >= 0.3 is 0 Å². The maximum atomic E-state index is 9.46. The number of hydrogen-bond acceptors (Lipinski definition) is 3. The molecule has 0 radical (unpaired) electrons. The minimum atomic E-state index is -0.509. The third kappa shape index (κ3) is 2.42. The van der Waals surface area contributed by atoms with Crippen molar-refractivity contribution in [2.24, 2.45) is 17.8 Å². The van der Waals surface area contributed by atoms with Crippen molar-refractivity contribution in [1.82, 2.24) is 5.32 Å². The van der Waals surface area contributed by atoms with E-state index < -0.39 is 5.54 Å². The first-order valence-electron chi connectivity index (χ1n) is 6.82. The van der Waals surface area contributed by atoms with E-state index >= 15 is 0 Å². The number of allylic oxidation sites excluding steroid dienone is 2. The predicted octanol–water partition coefficient (Wildman–Crippen LogP) is 1.31. The summed E-state index contributed by atoms with van der Waals surface area (Å²) in [5.41, 5.74) is -0.509. The Balaban J connectivity index is 1.96. The standard InChI is InChI=1S/C14H25NO2/c1-3-14(8-16,9-17)15-10(2)13-7-11-4-5-12(13)6-11/h4-5,10-13,15-17H,3,6-9H2,1-2H3. The van der Waals surface area contributed by atoms with Crippen LogP contribution in [0.2, 0.25) is 0 Å². The molecule has 3 nitrogen and oxygen atoms in total. The van der Waals surface area contributed by atoms with Crippen LogP contribution in [0.1, 0.15) is 33.1 Å². The first-order chi connectivity index (χ1) is 8.14. The third-order valence-corrected chi connectivity index (χ3v) is 4.79. The van der Waals surface area contributed by atoms with Crippen LogP contribution >= 0.6 is 0 Å². The van der Waals surface area contributed by atoms with Gasteiger partial charge in [0, 0.05) is 6.04 Å². The van der Waals surface area contributed by atoms with E-state index in [0.29, 0.717) is 17.9 Å². The van der Waals surface area contributed by atoms with Gasteiger partial charge in [0.05, 0.1) is 18.8 Å². The predicted molar refractivity (Wildman–Crippen MR) is 68.6 cm³/mol. The number of aliphatic hydroxyl groups is 2.